The van der Waals surface area contributed by atoms with Crippen molar-refractivity contribution in [1.29, 1.82) is 0 Å². The van der Waals surface area contributed by atoms with Gasteiger partial charge in [0.15, 0.2) is 5.65 Å². The summed E-state index contributed by atoms with van der Waals surface area (Å²) in [6, 6.07) is 12.2. The van der Waals surface area contributed by atoms with Crippen molar-refractivity contribution in [2.75, 3.05) is 19.6 Å². The lowest BCUT2D eigenvalue weighted by Crippen LogP contribution is -2.40. The van der Waals surface area contributed by atoms with Crippen molar-refractivity contribution in [2.45, 2.75) is 51.5 Å². The number of rotatable bonds is 7. The molecule has 1 aliphatic carbocycles. The molecule has 1 aliphatic heterocycles. The average molecular weight is 446 g/mol. The van der Waals surface area contributed by atoms with Crippen molar-refractivity contribution < 1.29 is 9.59 Å². The molecule has 5 rings (SSSR count). The molecule has 2 aromatic heterocycles. The molecule has 1 aromatic carbocycles. The van der Waals surface area contributed by atoms with E-state index in [4.69, 9.17) is 5.10 Å². The highest BCUT2D eigenvalue weighted by molar-refractivity contribution is 5.81. The number of likely N-dealkylation sites (tertiary alicyclic amines) is 1. The van der Waals surface area contributed by atoms with Crippen LogP contribution in [0, 0.1) is 12.8 Å². The van der Waals surface area contributed by atoms with Gasteiger partial charge in [0.05, 0.1) is 18.7 Å². The predicted molar refractivity (Wildman–Crippen MR) is 127 cm³/mol. The molecule has 2 fully saturated rings. The Kier molecular flexibility index (Phi) is 6.11. The van der Waals surface area contributed by atoms with Crippen molar-refractivity contribution in [2.24, 2.45) is 5.92 Å². The Morgan fingerprint density at radius 2 is 1.94 bits per heavy atom. The highest BCUT2D eigenvalue weighted by atomic mass is 16.2. The van der Waals surface area contributed by atoms with Crippen LogP contribution in [-0.2, 0) is 22.6 Å². The fraction of sp³-hybridized carbons (Fsp3) is 0.462. The number of hydrogen-bond acceptors (Lipinski definition) is 4. The van der Waals surface area contributed by atoms with Gasteiger partial charge in [-0.15, -0.1) is 0 Å². The topological polar surface area (TPSA) is 80.1 Å². The summed E-state index contributed by atoms with van der Waals surface area (Å²) in [5.41, 5.74) is 4.11. The number of aromatic nitrogens is 3. The summed E-state index contributed by atoms with van der Waals surface area (Å²) in [6.07, 6.45) is 6.20. The SMILES string of the molecule is Cc1ccc(CC(=O)N2CCCC(c3nn(CCNC(=O)C4CC4)c4ncccc34)C2)cc1. The van der Waals surface area contributed by atoms with Crippen molar-refractivity contribution in [3.63, 3.8) is 0 Å². The number of amides is 2. The second-order valence-electron chi connectivity index (χ2n) is 9.39. The number of piperidine rings is 1. The largest absolute Gasteiger partial charge is 0.354 e. The molecule has 0 bridgehead atoms. The Bertz CT molecular complexity index is 1150. The minimum absolute atomic E-state index is 0.148. The Morgan fingerprint density at radius 1 is 1.12 bits per heavy atom. The number of aryl methyl sites for hydroxylation is 1. The molecule has 7 nitrogen and oxygen atoms in total. The first kappa shape index (κ1) is 21.6. The van der Waals surface area contributed by atoms with E-state index in [0.717, 1.165) is 54.5 Å². The van der Waals surface area contributed by atoms with Gasteiger partial charge in [0.25, 0.3) is 0 Å². The summed E-state index contributed by atoms with van der Waals surface area (Å²) in [5.74, 6) is 0.719. The zero-order valence-electron chi connectivity index (χ0n) is 19.2. The molecule has 2 amide bonds. The number of pyridine rings is 1. The summed E-state index contributed by atoms with van der Waals surface area (Å²) in [4.78, 5) is 31.5. The van der Waals surface area contributed by atoms with Gasteiger partial charge in [-0.25, -0.2) is 9.67 Å². The van der Waals surface area contributed by atoms with Crippen LogP contribution in [0.1, 0.15) is 48.4 Å². The molecule has 3 heterocycles. The lowest BCUT2D eigenvalue weighted by molar-refractivity contribution is -0.131. The molecule has 33 heavy (non-hydrogen) atoms. The van der Waals surface area contributed by atoms with Crippen LogP contribution in [-0.4, -0.2) is 51.1 Å². The summed E-state index contributed by atoms with van der Waals surface area (Å²) < 4.78 is 1.91. The number of nitrogens with one attached hydrogen (secondary N) is 1. The van der Waals surface area contributed by atoms with Gasteiger partial charge in [-0.05, 0) is 50.3 Å². The van der Waals surface area contributed by atoms with E-state index >= 15 is 0 Å². The standard InChI is InChI=1S/C26H31N5O2/c1-18-6-8-19(9-7-18)16-23(32)30-14-3-4-21(17-30)24-22-5-2-12-27-25(22)31(29-24)15-13-28-26(33)20-10-11-20/h2,5-9,12,20-21H,3-4,10-11,13-17H2,1H3,(H,28,33). The molecular formula is C26H31N5O2. The number of nitrogens with zero attached hydrogens (tertiary/aromatic N) is 4. The van der Waals surface area contributed by atoms with Gasteiger partial charge in [-0.3, -0.25) is 9.59 Å². The number of carbonyl (C=O) groups is 2. The van der Waals surface area contributed by atoms with E-state index in [2.05, 4.69) is 35.4 Å². The first-order chi connectivity index (χ1) is 16.1. The van der Waals surface area contributed by atoms with Gasteiger partial charge >= 0.3 is 0 Å². The van der Waals surface area contributed by atoms with Crippen molar-refractivity contribution in [3.05, 3.63) is 59.4 Å². The van der Waals surface area contributed by atoms with Crippen molar-refractivity contribution in [3.8, 4) is 0 Å². The van der Waals surface area contributed by atoms with Gasteiger partial charge < -0.3 is 10.2 Å². The second kappa shape index (κ2) is 9.33. The Morgan fingerprint density at radius 3 is 2.73 bits per heavy atom. The van der Waals surface area contributed by atoms with E-state index in [1.54, 1.807) is 6.20 Å². The van der Waals surface area contributed by atoms with E-state index in [1.807, 2.05) is 27.8 Å². The maximum Gasteiger partial charge on any atom is 0.227 e. The van der Waals surface area contributed by atoms with Gasteiger partial charge in [0, 0.05) is 43.1 Å². The maximum absolute atomic E-state index is 13.0. The molecule has 3 aromatic rings. The molecule has 1 saturated carbocycles. The van der Waals surface area contributed by atoms with E-state index < -0.39 is 0 Å². The van der Waals surface area contributed by atoms with Crippen LogP contribution in [0.4, 0.5) is 0 Å². The normalized spacial score (nSPS) is 18.5. The van der Waals surface area contributed by atoms with E-state index in [9.17, 15) is 9.59 Å². The number of carbonyl (C=O) groups excluding carboxylic acids is 2. The Hall–Kier alpha value is -3.22. The van der Waals surface area contributed by atoms with Gasteiger partial charge in [0.1, 0.15) is 0 Å². The third kappa shape index (κ3) is 4.92. The molecule has 172 valence electrons. The molecule has 7 heteroatoms. The summed E-state index contributed by atoms with van der Waals surface area (Å²) in [7, 11) is 0. The minimum Gasteiger partial charge on any atom is -0.354 e. The van der Waals surface area contributed by atoms with Crippen LogP contribution >= 0.6 is 0 Å². The predicted octanol–water partition coefficient (Wildman–Crippen LogP) is 3.21. The molecule has 1 N–H and O–H groups in total. The van der Waals surface area contributed by atoms with Crippen molar-refractivity contribution in [1.82, 2.24) is 25.0 Å². The highest BCUT2D eigenvalue weighted by Crippen LogP contribution is 2.31. The third-order valence-corrected chi connectivity index (χ3v) is 6.74. The number of hydrogen-bond donors (Lipinski definition) is 1. The van der Waals surface area contributed by atoms with E-state index in [1.165, 1.54) is 5.56 Å². The van der Waals surface area contributed by atoms with E-state index in [0.29, 0.717) is 26.1 Å². The molecule has 1 unspecified atom stereocenters. The van der Waals surface area contributed by atoms with Gasteiger partial charge in [-0.2, -0.15) is 5.10 Å². The zero-order chi connectivity index (χ0) is 22.8. The van der Waals surface area contributed by atoms with Crippen LogP contribution in [0.15, 0.2) is 42.6 Å². The third-order valence-electron chi connectivity index (χ3n) is 6.74. The molecule has 0 spiro atoms. The van der Waals surface area contributed by atoms with Gasteiger partial charge in [-0.1, -0.05) is 29.8 Å². The Labute approximate surface area is 194 Å². The Balaban J connectivity index is 1.29. The monoisotopic (exact) mass is 445 g/mol. The first-order valence-corrected chi connectivity index (χ1v) is 12.0. The smallest absolute Gasteiger partial charge is 0.227 e. The number of fused-ring (bicyclic) bond motifs is 1. The molecule has 1 saturated heterocycles. The zero-order valence-corrected chi connectivity index (χ0v) is 19.2. The van der Waals surface area contributed by atoms with Crippen molar-refractivity contribution >= 4 is 22.8 Å². The summed E-state index contributed by atoms with van der Waals surface area (Å²) in [6.45, 7) is 4.68. The number of benzene rings is 1. The average Bonchev–Trinajstić information content (AvgIpc) is 3.63. The van der Waals surface area contributed by atoms with Crippen LogP contribution in [0.3, 0.4) is 0 Å². The summed E-state index contributed by atoms with van der Waals surface area (Å²) >= 11 is 0. The molecule has 2 aliphatic rings. The van der Waals surface area contributed by atoms with Crippen LogP contribution in [0.25, 0.3) is 11.0 Å². The molecule has 0 radical (unpaired) electrons. The van der Waals surface area contributed by atoms with Crippen LogP contribution < -0.4 is 5.32 Å². The fourth-order valence-corrected chi connectivity index (χ4v) is 4.69. The summed E-state index contributed by atoms with van der Waals surface area (Å²) in [5, 5.41) is 8.98. The minimum atomic E-state index is 0.148. The van der Waals surface area contributed by atoms with Gasteiger partial charge in [0.2, 0.25) is 11.8 Å². The molecular weight excluding hydrogens is 414 g/mol. The lowest BCUT2D eigenvalue weighted by Gasteiger charge is -2.32. The second-order valence-corrected chi connectivity index (χ2v) is 9.39. The van der Waals surface area contributed by atoms with Crippen LogP contribution in [0.2, 0.25) is 0 Å². The van der Waals surface area contributed by atoms with Crippen LogP contribution in [0.5, 0.6) is 0 Å². The lowest BCUT2D eigenvalue weighted by atomic mass is 9.93. The fourth-order valence-electron chi connectivity index (χ4n) is 4.69. The first-order valence-electron chi connectivity index (χ1n) is 12.0. The quantitative estimate of drug-likeness (QED) is 0.606. The van der Waals surface area contributed by atoms with E-state index in [-0.39, 0.29) is 23.7 Å². The highest BCUT2D eigenvalue weighted by Gasteiger charge is 2.30. The molecule has 1 atom stereocenters. The maximum atomic E-state index is 13.0.